The molecule has 0 saturated heterocycles. The molecule has 158 valence electrons. The second-order valence-electron chi connectivity index (χ2n) is 9.38. The number of aldehydes is 1. The molecule has 2 saturated carbocycles. The number of phenols is 1. The van der Waals surface area contributed by atoms with Gasteiger partial charge in [-0.2, -0.15) is 0 Å². The maximum Gasteiger partial charge on any atom is 0.119 e. The van der Waals surface area contributed by atoms with Crippen molar-refractivity contribution in [3.63, 3.8) is 0 Å². The minimum Gasteiger partial charge on any atom is -0.508 e. The van der Waals surface area contributed by atoms with Crippen LogP contribution in [0.1, 0.15) is 81.8 Å². The molecular formula is C24H33NO4. The molecule has 0 bridgehead atoms. The van der Waals surface area contributed by atoms with Crippen molar-refractivity contribution in [1.29, 1.82) is 0 Å². The first kappa shape index (κ1) is 20.4. The topological polar surface area (TPSA) is 79.1 Å². The fourth-order valence-corrected chi connectivity index (χ4v) is 6.16. The maximum absolute atomic E-state index is 10.6. The summed E-state index contributed by atoms with van der Waals surface area (Å²) in [6.45, 7) is 2.81. The summed E-state index contributed by atoms with van der Waals surface area (Å²) in [7, 11) is 0. The predicted octanol–water partition coefficient (Wildman–Crippen LogP) is 4.55. The Hall–Kier alpha value is -1.88. The first-order valence-electron chi connectivity index (χ1n) is 11.2. The largest absolute Gasteiger partial charge is 0.508 e. The lowest BCUT2D eigenvalue weighted by Crippen LogP contribution is -2.45. The van der Waals surface area contributed by atoms with Crippen molar-refractivity contribution >= 4 is 12.0 Å². The second-order valence-corrected chi connectivity index (χ2v) is 9.38. The van der Waals surface area contributed by atoms with Gasteiger partial charge in [0.1, 0.15) is 18.6 Å². The molecule has 0 spiro atoms. The number of benzene rings is 1. The fourth-order valence-electron chi connectivity index (χ4n) is 6.16. The summed E-state index contributed by atoms with van der Waals surface area (Å²) in [6.07, 6.45) is 9.08. The number of hydrogen-bond acceptors (Lipinski definition) is 5. The fraction of sp³-hybridized carbons (Fsp3) is 0.667. The number of rotatable bonds is 7. The summed E-state index contributed by atoms with van der Waals surface area (Å²) in [6, 6.07) is 5.67. The van der Waals surface area contributed by atoms with Crippen molar-refractivity contribution < 1.29 is 19.8 Å². The summed E-state index contributed by atoms with van der Waals surface area (Å²) in [5.41, 5.74) is 3.24. The van der Waals surface area contributed by atoms with Crippen LogP contribution in [0.3, 0.4) is 0 Å². The lowest BCUT2D eigenvalue weighted by Gasteiger charge is -2.50. The molecule has 2 fully saturated rings. The van der Waals surface area contributed by atoms with E-state index in [4.69, 9.17) is 4.84 Å². The maximum atomic E-state index is 10.6. The van der Waals surface area contributed by atoms with Crippen LogP contribution < -0.4 is 0 Å². The van der Waals surface area contributed by atoms with Crippen molar-refractivity contribution in [2.24, 2.45) is 22.4 Å². The Morgan fingerprint density at radius 1 is 1.24 bits per heavy atom. The highest BCUT2D eigenvalue weighted by molar-refractivity contribution is 6.03. The van der Waals surface area contributed by atoms with E-state index in [1.807, 2.05) is 6.07 Å². The molecule has 0 aliphatic heterocycles. The van der Waals surface area contributed by atoms with Gasteiger partial charge in [-0.15, -0.1) is 0 Å². The predicted molar refractivity (Wildman–Crippen MR) is 112 cm³/mol. The number of aromatic hydroxyl groups is 1. The SMILES string of the molecule is C[C@]12CCC3c4ccc(O)cc4/C(=N/OCCCCCC=O)CC3C1CCC2O. The Kier molecular flexibility index (Phi) is 5.95. The van der Waals surface area contributed by atoms with Crippen LogP contribution in [0.5, 0.6) is 5.75 Å². The smallest absolute Gasteiger partial charge is 0.119 e. The number of aliphatic hydroxyl groups excluding tert-OH is 1. The van der Waals surface area contributed by atoms with Crippen LogP contribution in [0.2, 0.25) is 0 Å². The van der Waals surface area contributed by atoms with Crippen LogP contribution in [0, 0.1) is 17.3 Å². The molecule has 3 aliphatic rings. The number of carbonyl (C=O) groups excluding carboxylic acids is 1. The van der Waals surface area contributed by atoms with Crippen LogP contribution in [-0.2, 0) is 9.63 Å². The van der Waals surface area contributed by atoms with Crippen LogP contribution in [0.4, 0.5) is 0 Å². The van der Waals surface area contributed by atoms with Crippen molar-refractivity contribution in [2.45, 2.75) is 76.7 Å². The van der Waals surface area contributed by atoms with Gasteiger partial charge in [-0.05, 0) is 92.2 Å². The van der Waals surface area contributed by atoms with Gasteiger partial charge in [0.05, 0.1) is 11.8 Å². The molecule has 2 N–H and O–H groups in total. The zero-order valence-corrected chi connectivity index (χ0v) is 17.3. The third-order valence-corrected chi connectivity index (χ3v) is 7.80. The second kappa shape index (κ2) is 8.47. The molecule has 5 nitrogen and oxygen atoms in total. The molecule has 0 heterocycles. The number of phenolic OH excluding ortho intramolecular Hbond substituents is 1. The Morgan fingerprint density at radius 3 is 2.93 bits per heavy atom. The molecule has 4 rings (SSSR count). The number of oxime groups is 1. The van der Waals surface area contributed by atoms with E-state index in [0.29, 0.717) is 30.8 Å². The molecule has 0 amide bonds. The van der Waals surface area contributed by atoms with Gasteiger partial charge in [-0.1, -0.05) is 18.1 Å². The number of carbonyl (C=O) groups is 1. The van der Waals surface area contributed by atoms with Gasteiger partial charge in [0.2, 0.25) is 0 Å². The summed E-state index contributed by atoms with van der Waals surface area (Å²) >= 11 is 0. The van der Waals surface area contributed by atoms with Crippen molar-refractivity contribution in [1.82, 2.24) is 0 Å². The van der Waals surface area contributed by atoms with Gasteiger partial charge in [0.25, 0.3) is 0 Å². The zero-order valence-electron chi connectivity index (χ0n) is 17.3. The van der Waals surface area contributed by atoms with E-state index in [0.717, 1.165) is 68.9 Å². The monoisotopic (exact) mass is 399 g/mol. The Labute approximate surface area is 173 Å². The van der Waals surface area contributed by atoms with Crippen LogP contribution in [0.25, 0.3) is 0 Å². The lowest BCUT2D eigenvalue weighted by molar-refractivity contribution is -0.107. The molecule has 4 unspecified atom stereocenters. The summed E-state index contributed by atoms with van der Waals surface area (Å²) in [5, 5.41) is 25.2. The minimum absolute atomic E-state index is 0.0140. The average molecular weight is 400 g/mol. The number of aliphatic hydroxyl groups is 1. The molecule has 5 heteroatoms. The van der Waals surface area contributed by atoms with Gasteiger partial charge >= 0.3 is 0 Å². The van der Waals surface area contributed by atoms with Crippen molar-refractivity contribution in [3.05, 3.63) is 29.3 Å². The van der Waals surface area contributed by atoms with E-state index in [2.05, 4.69) is 18.1 Å². The van der Waals surface area contributed by atoms with E-state index in [-0.39, 0.29) is 17.3 Å². The summed E-state index contributed by atoms with van der Waals surface area (Å²) in [4.78, 5) is 16.0. The first-order valence-corrected chi connectivity index (χ1v) is 11.2. The quantitative estimate of drug-likeness (QED) is 0.401. The molecule has 0 radical (unpaired) electrons. The molecule has 1 aromatic carbocycles. The number of nitrogens with zero attached hydrogens (tertiary/aromatic N) is 1. The summed E-state index contributed by atoms with van der Waals surface area (Å²) < 4.78 is 0. The molecule has 3 aliphatic carbocycles. The third kappa shape index (κ3) is 3.81. The third-order valence-electron chi connectivity index (χ3n) is 7.80. The van der Waals surface area contributed by atoms with Crippen LogP contribution >= 0.6 is 0 Å². The highest BCUT2D eigenvalue weighted by Crippen LogP contribution is 2.61. The van der Waals surface area contributed by atoms with Gasteiger partial charge in [0.15, 0.2) is 0 Å². The van der Waals surface area contributed by atoms with E-state index in [9.17, 15) is 15.0 Å². The molecule has 0 aromatic heterocycles. The Bertz CT molecular complexity index is 776. The standard InChI is InChI=1S/C24H33NO4/c1-24-11-10-18-17-7-6-16(27)14-20(17)22(25-29-13-5-3-2-4-12-26)15-19(18)21(24)8-9-23(24)28/h6-7,12,14,18-19,21,23,27-28H,2-5,8-11,13,15H2,1H3/b25-22+/t18?,19?,21?,23?,24-/m0/s1. The zero-order chi connectivity index (χ0) is 20.4. The van der Waals surface area contributed by atoms with E-state index in [1.54, 1.807) is 6.07 Å². The average Bonchev–Trinajstić information content (AvgIpc) is 3.02. The van der Waals surface area contributed by atoms with E-state index < -0.39 is 0 Å². The highest BCUT2D eigenvalue weighted by Gasteiger charge is 2.55. The van der Waals surface area contributed by atoms with E-state index >= 15 is 0 Å². The Balaban J connectivity index is 1.54. The number of hydrogen-bond donors (Lipinski definition) is 2. The number of fused-ring (bicyclic) bond motifs is 5. The van der Waals surface area contributed by atoms with Gasteiger partial charge in [0, 0.05) is 12.0 Å². The molecule has 29 heavy (non-hydrogen) atoms. The van der Waals surface area contributed by atoms with Gasteiger partial charge < -0.3 is 19.8 Å². The van der Waals surface area contributed by atoms with Crippen molar-refractivity contribution in [2.75, 3.05) is 6.61 Å². The van der Waals surface area contributed by atoms with Crippen LogP contribution in [0.15, 0.2) is 23.4 Å². The lowest BCUT2D eigenvalue weighted by atomic mass is 9.55. The molecule has 1 aromatic rings. The van der Waals surface area contributed by atoms with Crippen LogP contribution in [-0.4, -0.2) is 34.9 Å². The van der Waals surface area contributed by atoms with Gasteiger partial charge in [-0.25, -0.2) is 0 Å². The Morgan fingerprint density at radius 2 is 2.10 bits per heavy atom. The molecular weight excluding hydrogens is 366 g/mol. The highest BCUT2D eigenvalue weighted by atomic mass is 16.6. The minimum atomic E-state index is -0.197. The normalized spacial score (nSPS) is 34.3. The van der Waals surface area contributed by atoms with E-state index in [1.165, 1.54) is 5.56 Å². The number of unbranched alkanes of at least 4 members (excludes halogenated alkanes) is 3. The van der Waals surface area contributed by atoms with Crippen molar-refractivity contribution in [3.8, 4) is 5.75 Å². The molecule has 5 atom stereocenters. The van der Waals surface area contributed by atoms with Gasteiger partial charge in [-0.3, -0.25) is 0 Å². The first-order chi connectivity index (χ1) is 14.0. The summed E-state index contributed by atoms with van der Waals surface area (Å²) in [5.74, 6) is 1.71.